The average Bonchev–Trinajstić information content (AvgIpc) is 2.96. The first-order valence-electron chi connectivity index (χ1n) is 12.1. The van der Waals surface area contributed by atoms with Gasteiger partial charge < -0.3 is 14.5 Å². The third-order valence-corrected chi connectivity index (χ3v) is 7.66. The number of hydrogen-bond acceptors (Lipinski definition) is 4. The number of alkyl halides is 1. The molecule has 1 atom stereocenters. The predicted molar refractivity (Wildman–Crippen MR) is 141 cm³/mol. The number of pyridine rings is 1. The number of carbonyl (C=O) groups excluding carboxylic acids is 2. The number of para-hydroxylation sites is 1. The molecule has 200 valence electrons. The lowest BCUT2D eigenvalue weighted by Gasteiger charge is -2.35. The van der Waals surface area contributed by atoms with Crippen molar-refractivity contribution in [2.24, 2.45) is 0 Å². The smallest absolute Gasteiger partial charge is 0.259 e. The van der Waals surface area contributed by atoms with Gasteiger partial charge in [-0.25, -0.2) is 17.4 Å². The summed E-state index contributed by atoms with van der Waals surface area (Å²) in [5.74, 6) is -3.03. The van der Waals surface area contributed by atoms with Crippen molar-refractivity contribution < 1.29 is 27.0 Å². The number of fused-ring (bicyclic) bond motifs is 1. The molecule has 3 aromatic carbocycles. The van der Waals surface area contributed by atoms with Crippen molar-refractivity contribution in [2.75, 3.05) is 30.9 Å². The summed E-state index contributed by atoms with van der Waals surface area (Å²) in [7, 11) is -1.74. The van der Waals surface area contributed by atoms with Crippen LogP contribution in [-0.2, 0) is 17.7 Å². The molecule has 1 N–H and O–H groups in total. The fourth-order valence-electron chi connectivity index (χ4n) is 4.47. The van der Waals surface area contributed by atoms with Crippen LogP contribution in [0.15, 0.2) is 77.8 Å². The standard InChI is InChI=1S/C28H23F3N4O3S/c29-17-20-16-19(9-10-23(20)33-39(38)24-8-1-4-18-5-3-11-32-26(18)24)27(36)34-12-14-35(15-13-34)28(37)25-21(30)6-2-7-22(25)31/h1-11,16,33H,12-15,17H2. The van der Waals surface area contributed by atoms with E-state index in [1.807, 2.05) is 12.1 Å². The maximum absolute atomic E-state index is 14.0. The minimum atomic E-state index is -1.74. The zero-order valence-corrected chi connectivity index (χ0v) is 21.4. The van der Waals surface area contributed by atoms with Crippen molar-refractivity contribution in [1.29, 1.82) is 0 Å². The Morgan fingerprint density at radius 3 is 2.21 bits per heavy atom. The Balaban J connectivity index is 1.27. The second-order valence-corrected chi connectivity index (χ2v) is 10.1. The number of carbonyl (C=O) groups is 2. The van der Waals surface area contributed by atoms with Gasteiger partial charge in [0.05, 0.1) is 16.1 Å². The second kappa shape index (κ2) is 11.2. The largest absolute Gasteiger partial charge is 0.335 e. The lowest BCUT2D eigenvalue weighted by Crippen LogP contribution is -2.50. The SMILES string of the molecule is O=C(c1ccc(NS(=O)c2cccc3cccnc23)c(CF)c1)N1CCN(C(=O)c2c(F)cccc2F)CC1. The molecule has 4 aromatic rings. The number of nitrogens with zero attached hydrogens (tertiary/aromatic N) is 3. The van der Waals surface area contributed by atoms with E-state index in [4.69, 9.17) is 0 Å². The van der Waals surface area contributed by atoms with Crippen LogP contribution in [0.3, 0.4) is 0 Å². The molecular formula is C28H23F3N4O3S. The van der Waals surface area contributed by atoms with E-state index in [-0.39, 0.29) is 48.9 Å². The fraction of sp³-hybridized carbons (Fsp3) is 0.179. The van der Waals surface area contributed by atoms with Gasteiger partial charge in [0.2, 0.25) is 0 Å². The van der Waals surface area contributed by atoms with E-state index >= 15 is 0 Å². The third-order valence-electron chi connectivity index (χ3n) is 6.52. The Bertz CT molecular complexity index is 1570. The molecule has 2 amide bonds. The molecule has 2 heterocycles. The zero-order chi connectivity index (χ0) is 27.5. The molecule has 11 heteroatoms. The quantitative estimate of drug-likeness (QED) is 0.376. The van der Waals surface area contributed by atoms with Crippen molar-refractivity contribution in [1.82, 2.24) is 14.8 Å². The Labute approximate surface area is 224 Å². The van der Waals surface area contributed by atoms with Crippen LogP contribution >= 0.6 is 0 Å². The normalized spacial score (nSPS) is 14.3. The van der Waals surface area contributed by atoms with E-state index in [0.29, 0.717) is 10.4 Å². The minimum Gasteiger partial charge on any atom is -0.335 e. The van der Waals surface area contributed by atoms with Gasteiger partial charge in [-0.2, -0.15) is 0 Å². The summed E-state index contributed by atoms with van der Waals surface area (Å²) < 4.78 is 57.9. The van der Waals surface area contributed by atoms with Crippen molar-refractivity contribution in [3.63, 3.8) is 0 Å². The van der Waals surface area contributed by atoms with Gasteiger partial charge in [-0.3, -0.25) is 14.6 Å². The molecule has 5 rings (SSSR count). The topological polar surface area (TPSA) is 82.6 Å². The second-order valence-electron chi connectivity index (χ2n) is 8.89. The molecule has 0 saturated carbocycles. The summed E-state index contributed by atoms with van der Waals surface area (Å²) in [6.07, 6.45) is 1.60. The highest BCUT2D eigenvalue weighted by Crippen LogP contribution is 2.25. The van der Waals surface area contributed by atoms with Crippen LogP contribution in [-0.4, -0.2) is 57.0 Å². The number of benzene rings is 3. The first-order chi connectivity index (χ1) is 18.9. The Morgan fingerprint density at radius 2 is 1.51 bits per heavy atom. The van der Waals surface area contributed by atoms with E-state index in [9.17, 15) is 27.0 Å². The maximum atomic E-state index is 14.0. The number of nitrogens with one attached hydrogen (secondary N) is 1. The molecule has 0 spiro atoms. The van der Waals surface area contributed by atoms with Crippen LogP contribution in [0.25, 0.3) is 10.9 Å². The predicted octanol–water partition coefficient (Wildman–Crippen LogP) is 4.72. The molecular weight excluding hydrogens is 529 g/mol. The third kappa shape index (κ3) is 5.35. The van der Waals surface area contributed by atoms with Crippen LogP contribution in [0.2, 0.25) is 0 Å². The number of hydrogen-bond donors (Lipinski definition) is 1. The summed E-state index contributed by atoms with van der Waals surface area (Å²) in [4.78, 5) is 33.3. The number of halogens is 3. The maximum Gasteiger partial charge on any atom is 0.259 e. The van der Waals surface area contributed by atoms with Gasteiger partial charge in [0, 0.05) is 48.9 Å². The zero-order valence-electron chi connectivity index (χ0n) is 20.6. The molecule has 1 unspecified atom stereocenters. The van der Waals surface area contributed by atoms with E-state index < -0.39 is 40.8 Å². The van der Waals surface area contributed by atoms with Crippen LogP contribution in [0.4, 0.5) is 18.9 Å². The molecule has 1 aliphatic rings. The average molecular weight is 553 g/mol. The molecule has 1 aromatic heterocycles. The van der Waals surface area contributed by atoms with Crippen molar-refractivity contribution >= 4 is 39.4 Å². The number of piperazine rings is 1. The van der Waals surface area contributed by atoms with Gasteiger partial charge in [-0.05, 0) is 42.5 Å². The van der Waals surface area contributed by atoms with Crippen LogP contribution < -0.4 is 4.72 Å². The molecule has 1 aliphatic heterocycles. The monoisotopic (exact) mass is 552 g/mol. The molecule has 1 fully saturated rings. The van der Waals surface area contributed by atoms with Crippen LogP contribution in [0.5, 0.6) is 0 Å². The molecule has 1 saturated heterocycles. The summed E-state index contributed by atoms with van der Waals surface area (Å²) in [5, 5.41) is 0.817. The Morgan fingerprint density at radius 1 is 0.872 bits per heavy atom. The molecule has 0 aliphatic carbocycles. The molecule has 0 radical (unpaired) electrons. The van der Waals surface area contributed by atoms with Gasteiger partial charge in [-0.1, -0.05) is 24.3 Å². The van der Waals surface area contributed by atoms with E-state index in [1.165, 1.54) is 34.1 Å². The number of aromatic nitrogens is 1. The number of amides is 2. The lowest BCUT2D eigenvalue weighted by atomic mass is 10.1. The van der Waals surface area contributed by atoms with Gasteiger partial charge in [0.25, 0.3) is 11.8 Å². The van der Waals surface area contributed by atoms with Gasteiger partial charge >= 0.3 is 0 Å². The van der Waals surface area contributed by atoms with Gasteiger partial charge in [-0.15, -0.1) is 0 Å². The Hall–Kier alpha value is -4.25. The summed E-state index contributed by atoms with van der Waals surface area (Å²) in [5.41, 5.74) is 0.610. The van der Waals surface area contributed by atoms with E-state index in [2.05, 4.69) is 9.71 Å². The summed E-state index contributed by atoms with van der Waals surface area (Å²) >= 11 is 0. The van der Waals surface area contributed by atoms with Gasteiger partial charge in [0.1, 0.15) is 23.9 Å². The highest BCUT2D eigenvalue weighted by molar-refractivity contribution is 7.86. The van der Waals surface area contributed by atoms with E-state index in [0.717, 1.165) is 17.5 Å². The van der Waals surface area contributed by atoms with Crippen molar-refractivity contribution in [2.45, 2.75) is 11.6 Å². The highest BCUT2D eigenvalue weighted by Gasteiger charge is 2.29. The van der Waals surface area contributed by atoms with Crippen LogP contribution in [0, 0.1) is 11.6 Å². The number of anilines is 1. The minimum absolute atomic E-state index is 0.0893. The molecule has 7 nitrogen and oxygen atoms in total. The summed E-state index contributed by atoms with van der Waals surface area (Å²) in [6, 6.07) is 16.5. The van der Waals surface area contributed by atoms with Crippen LogP contribution in [0.1, 0.15) is 26.3 Å². The number of rotatable bonds is 6. The summed E-state index contributed by atoms with van der Waals surface area (Å²) in [6.45, 7) is -0.434. The van der Waals surface area contributed by atoms with Crippen molar-refractivity contribution in [3.05, 3.63) is 101 Å². The van der Waals surface area contributed by atoms with Gasteiger partial charge in [0.15, 0.2) is 11.0 Å². The highest BCUT2D eigenvalue weighted by atomic mass is 32.2. The molecule has 0 bridgehead atoms. The Kier molecular flexibility index (Phi) is 7.60. The van der Waals surface area contributed by atoms with E-state index in [1.54, 1.807) is 24.4 Å². The first kappa shape index (κ1) is 26.4. The molecule has 39 heavy (non-hydrogen) atoms. The van der Waals surface area contributed by atoms with Crippen molar-refractivity contribution in [3.8, 4) is 0 Å². The lowest BCUT2D eigenvalue weighted by molar-refractivity contribution is 0.0530. The fourth-order valence-corrected chi connectivity index (χ4v) is 5.53. The first-order valence-corrected chi connectivity index (χ1v) is 13.3.